The molecule has 2 unspecified atom stereocenters. The topological polar surface area (TPSA) is 72.5 Å². The summed E-state index contributed by atoms with van der Waals surface area (Å²) in [5.41, 5.74) is 0.629. The molecular formula is C15H19F2N3O3. The number of aromatic nitrogens is 1. The number of alkyl halides is 2. The Bertz CT molecular complexity index is 555. The Hall–Kier alpha value is -1.96. The third kappa shape index (κ3) is 4.75. The van der Waals surface area contributed by atoms with Crippen LogP contribution in [0.1, 0.15) is 24.8 Å². The molecule has 2 aliphatic rings. The number of halogens is 2. The summed E-state index contributed by atoms with van der Waals surface area (Å²) in [5, 5.41) is 5.56. The second-order valence-corrected chi connectivity index (χ2v) is 5.85. The van der Waals surface area contributed by atoms with E-state index >= 15 is 0 Å². The van der Waals surface area contributed by atoms with Crippen LogP contribution in [0.2, 0.25) is 0 Å². The highest BCUT2D eigenvalue weighted by molar-refractivity contribution is 5.74. The molecule has 2 fully saturated rings. The van der Waals surface area contributed by atoms with Gasteiger partial charge < -0.3 is 20.1 Å². The minimum Gasteiger partial charge on any atom is -0.417 e. The van der Waals surface area contributed by atoms with E-state index in [0.29, 0.717) is 18.1 Å². The number of carbonyl (C=O) groups is 1. The second kappa shape index (κ2) is 7.08. The fourth-order valence-corrected chi connectivity index (χ4v) is 2.69. The van der Waals surface area contributed by atoms with Crippen molar-refractivity contribution >= 4 is 6.03 Å². The molecule has 3 rings (SSSR count). The maximum atomic E-state index is 12.1. The smallest absolute Gasteiger partial charge is 0.388 e. The highest BCUT2D eigenvalue weighted by atomic mass is 19.3. The summed E-state index contributed by atoms with van der Waals surface area (Å²) in [6.07, 6.45) is 4.91. The fraction of sp³-hybridized carbons (Fsp3) is 0.600. The van der Waals surface area contributed by atoms with Crippen molar-refractivity contribution < 1.29 is 23.0 Å². The van der Waals surface area contributed by atoms with Crippen molar-refractivity contribution in [1.29, 1.82) is 0 Å². The average Bonchev–Trinajstić information content (AvgIpc) is 3.25. The van der Waals surface area contributed by atoms with Crippen molar-refractivity contribution in [3.63, 3.8) is 0 Å². The summed E-state index contributed by atoms with van der Waals surface area (Å²) in [6, 6.07) is 2.72. The summed E-state index contributed by atoms with van der Waals surface area (Å²) < 4.78 is 34.2. The SMILES string of the molecule is O=C(NCc1ccnc(OC(F)F)c1)NC1COC(C2CC2)C1. The summed E-state index contributed by atoms with van der Waals surface area (Å²) in [4.78, 5) is 15.6. The highest BCUT2D eigenvalue weighted by Crippen LogP contribution is 2.38. The van der Waals surface area contributed by atoms with Crippen molar-refractivity contribution in [2.75, 3.05) is 6.61 Å². The van der Waals surface area contributed by atoms with E-state index in [0.717, 1.165) is 6.42 Å². The summed E-state index contributed by atoms with van der Waals surface area (Å²) in [7, 11) is 0. The first-order valence-corrected chi connectivity index (χ1v) is 7.66. The number of rotatable bonds is 6. The molecule has 2 heterocycles. The Morgan fingerprint density at radius 3 is 3.04 bits per heavy atom. The van der Waals surface area contributed by atoms with Gasteiger partial charge in [0.1, 0.15) is 0 Å². The molecule has 2 amide bonds. The van der Waals surface area contributed by atoms with Crippen LogP contribution in [0.3, 0.4) is 0 Å². The Morgan fingerprint density at radius 2 is 2.30 bits per heavy atom. The molecule has 8 heteroatoms. The molecule has 0 radical (unpaired) electrons. The molecule has 1 saturated carbocycles. The molecule has 0 aromatic carbocycles. The van der Waals surface area contributed by atoms with Gasteiger partial charge in [0.05, 0.1) is 18.8 Å². The number of nitrogens with one attached hydrogen (secondary N) is 2. The van der Waals surface area contributed by atoms with Gasteiger partial charge in [-0.2, -0.15) is 8.78 Å². The summed E-state index contributed by atoms with van der Waals surface area (Å²) in [6.45, 7) is -2.18. The minimum absolute atomic E-state index is 0.0239. The third-order valence-electron chi connectivity index (χ3n) is 3.97. The van der Waals surface area contributed by atoms with Crippen LogP contribution in [0.25, 0.3) is 0 Å². The lowest BCUT2D eigenvalue weighted by Crippen LogP contribution is -2.42. The first-order chi connectivity index (χ1) is 11.1. The quantitative estimate of drug-likeness (QED) is 0.839. The molecule has 23 heavy (non-hydrogen) atoms. The van der Waals surface area contributed by atoms with Crippen molar-refractivity contribution in [2.24, 2.45) is 5.92 Å². The zero-order chi connectivity index (χ0) is 16.2. The van der Waals surface area contributed by atoms with Gasteiger partial charge in [-0.3, -0.25) is 0 Å². The van der Waals surface area contributed by atoms with Crippen LogP contribution in [0.5, 0.6) is 5.88 Å². The first kappa shape index (κ1) is 15.9. The van der Waals surface area contributed by atoms with Crippen molar-refractivity contribution in [3.8, 4) is 5.88 Å². The lowest BCUT2D eigenvalue weighted by Gasteiger charge is -2.12. The average molecular weight is 327 g/mol. The van der Waals surface area contributed by atoms with Gasteiger partial charge in [-0.25, -0.2) is 9.78 Å². The van der Waals surface area contributed by atoms with Crippen LogP contribution in [0.15, 0.2) is 18.3 Å². The Labute approximate surface area is 132 Å². The van der Waals surface area contributed by atoms with E-state index in [1.165, 1.54) is 25.1 Å². The fourth-order valence-electron chi connectivity index (χ4n) is 2.69. The second-order valence-electron chi connectivity index (χ2n) is 5.85. The molecule has 6 nitrogen and oxygen atoms in total. The van der Waals surface area contributed by atoms with Crippen molar-refractivity contribution in [3.05, 3.63) is 23.9 Å². The van der Waals surface area contributed by atoms with E-state index in [-0.39, 0.29) is 30.6 Å². The molecule has 1 aromatic rings. The van der Waals surface area contributed by atoms with Crippen LogP contribution in [-0.4, -0.2) is 36.4 Å². The van der Waals surface area contributed by atoms with Gasteiger partial charge in [0.15, 0.2) is 0 Å². The van der Waals surface area contributed by atoms with Crippen LogP contribution in [-0.2, 0) is 11.3 Å². The predicted octanol–water partition coefficient (Wildman–Crippen LogP) is 2.05. The first-order valence-electron chi connectivity index (χ1n) is 7.66. The minimum atomic E-state index is -2.92. The van der Waals surface area contributed by atoms with E-state index in [1.807, 2.05) is 0 Å². The van der Waals surface area contributed by atoms with Crippen LogP contribution >= 0.6 is 0 Å². The molecular weight excluding hydrogens is 308 g/mol. The number of urea groups is 1. The van der Waals surface area contributed by atoms with Gasteiger partial charge in [-0.15, -0.1) is 0 Å². The molecule has 1 aromatic heterocycles. The van der Waals surface area contributed by atoms with E-state index in [1.54, 1.807) is 6.07 Å². The number of hydrogen-bond acceptors (Lipinski definition) is 4. The number of hydrogen-bond donors (Lipinski definition) is 2. The largest absolute Gasteiger partial charge is 0.417 e. The number of pyridine rings is 1. The van der Waals surface area contributed by atoms with Gasteiger partial charge in [-0.1, -0.05) is 0 Å². The van der Waals surface area contributed by atoms with E-state index in [2.05, 4.69) is 20.4 Å². The molecule has 2 N–H and O–H groups in total. The molecule has 1 aliphatic carbocycles. The number of nitrogens with zero attached hydrogens (tertiary/aromatic N) is 1. The van der Waals surface area contributed by atoms with Gasteiger partial charge in [0.25, 0.3) is 0 Å². The summed E-state index contributed by atoms with van der Waals surface area (Å²) in [5.74, 6) is 0.492. The zero-order valence-electron chi connectivity index (χ0n) is 12.5. The van der Waals surface area contributed by atoms with E-state index in [9.17, 15) is 13.6 Å². The molecule has 2 atom stereocenters. The molecule has 0 spiro atoms. The van der Waals surface area contributed by atoms with E-state index < -0.39 is 6.61 Å². The Kier molecular flexibility index (Phi) is 4.90. The monoisotopic (exact) mass is 327 g/mol. The van der Waals surface area contributed by atoms with Gasteiger partial charge in [0, 0.05) is 18.8 Å². The zero-order valence-corrected chi connectivity index (χ0v) is 12.5. The Balaban J connectivity index is 1.42. The van der Waals surface area contributed by atoms with Crippen LogP contribution < -0.4 is 15.4 Å². The van der Waals surface area contributed by atoms with Crippen LogP contribution in [0, 0.1) is 5.92 Å². The van der Waals surface area contributed by atoms with Crippen molar-refractivity contribution in [2.45, 2.75) is 44.6 Å². The Morgan fingerprint density at radius 1 is 1.48 bits per heavy atom. The van der Waals surface area contributed by atoms with Gasteiger partial charge >= 0.3 is 12.6 Å². The van der Waals surface area contributed by atoms with Gasteiger partial charge in [0.2, 0.25) is 5.88 Å². The number of amides is 2. The van der Waals surface area contributed by atoms with Crippen molar-refractivity contribution in [1.82, 2.24) is 15.6 Å². The van der Waals surface area contributed by atoms with Gasteiger partial charge in [-0.05, 0) is 36.8 Å². The maximum absolute atomic E-state index is 12.1. The third-order valence-corrected chi connectivity index (χ3v) is 3.97. The lowest BCUT2D eigenvalue weighted by molar-refractivity contribution is -0.0529. The maximum Gasteiger partial charge on any atom is 0.388 e. The standard InChI is InChI=1S/C15H19F2N3O3/c16-14(17)23-13-5-9(3-4-18-13)7-19-15(21)20-11-6-12(22-8-11)10-1-2-10/h3-5,10-12,14H,1-2,6-8H2,(H2,19,20,21). The lowest BCUT2D eigenvalue weighted by atomic mass is 10.1. The normalized spacial score (nSPS) is 23.8. The predicted molar refractivity (Wildman–Crippen MR) is 77.1 cm³/mol. The molecule has 1 saturated heterocycles. The molecule has 126 valence electrons. The summed E-state index contributed by atoms with van der Waals surface area (Å²) >= 11 is 0. The van der Waals surface area contributed by atoms with Crippen LogP contribution in [0.4, 0.5) is 13.6 Å². The number of carbonyl (C=O) groups excluding carboxylic acids is 1. The molecule has 0 bridgehead atoms. The molecule has 1 aliphatic heterocycles. The highest BCUT2D eigenvalue weighted by Gasteiger charge is 2.38. The number of ether oxygens (including phenoxy) is 2. The van der Waals surface area contributed by atoms with E-state index in [4.69, 9.17) is 4.74 Å².